The first kappa shape index (κ1) is 13.2. The van der Waals surface area contributed by atoms with Crippen LogP contribution < -0.4 is 5.32 Å². The van der Waals surface area contributed by atoms with E-state index in [0.717, 1.165) is 6.42 Å². The van der Waals surface area contributed by atoms with E-state index in [4.69, 9.17) is 11.6 Å². The Morgan fingerprint density at radius 1 is 1.44 bits per heavy atom. The van der Waals surface area contributed by atoms with E-state index >= 15 is 0 Å². The lowest BCUT2D eigenvalue weighted by atomic mass is 9.75. The van der Waals surface area contributed by atoms with Gasteiger partial charge in [0.25, 0.3) is 0 Å². The number of hydrogen-bond acceptors (Lipinski definition) is 2. The molecule has 0 fully saturated rings. The highest BCUT2D eigenvalue weighted by Gasteiger charge is 2.43. The predicted octanol–water partition coefficient (Wildman–Crippen LogP) is 2.25. The van der Waals surface area contributed by atoms with E-state index < -0.39 is 5.41 Å². The van der Waals surface area contributed by atoms with Crippen LogP contribution in [0.15, 0.2) is 11.8 Å². The molecule has 1 rings (SSSR count). The molecule has 0 saturated heterocycles. The third-order valence-electron chi connectivity index (χ3n) is 3.04. The number of hydrogen-bond donors (Lipinski definition) is 1. The largest absolute Gasteiger partial charge is 0.331 e. The van der Waals surface area contributed by atoms with Crippen molar-refractivity contribution in [1.29, 1.82) is 0 Å². The lowest BCUT2D eigenvalue weighted by Crippen LogP contribution is -2.47. The number of ketones is 1. The van der Waals surface area contributed by atoms with Crippen LogP contribution in [0.5, 0.6) is 0 Å². The molecule has 0 aromatic rings. The standard InChI is InChI=1S/C12H18ClNO2/c1-8(2)4-5-12(3)10(15)9(6-13)7-14-11(12)16/h7-8H,4-6H2,1-3H3,(H,14,16). The zero-order chi connectivity index (χ0) is 12.3. The van der Waals surface area contributed by atoms with Crippen LogP contribution >= 0.6 is 11.6 Å². The molecule has 0 aromatic carbocycles. The Balaban J connectivity index is 2.88. The molecule has 1 heterocycles. The van der Waals surface area contributed by atoms with Crippen molar-refractivity contribution in [3.63, 3.8) is 0 Å². The molecule has 1 atom stereocenters. The Hall–Kier alpha value is -0.830. The molecule has 0 aliphatic carbocycles. The van der Waals surface area contributed by atoms with Crippen molar-refractivity contribution in [2.45, 2.75) is 33.6 Å². The van der Waals surface area contributed by atoms with E-state index in [1.165, 1.54) is 6.20 Å². The molecule has 1 aliphatic rings. The summed E-state index contributed by atoms with van der Waals surface area (Å²) in [6.45, 7) is 5.85. The van der Waals surface area contributed by atoms with Crippen LogP contribution in [-0.4, -0.2) is 17.6 Å². The molecule has 90 valence electrons. The summed E-state index contributed by atoms with van der Waals surface area (Å²) in [5.41, 5.74) is -0.448. The molecule has 1 unspecified atom stereocenters. The SMILES string of the molecule is CC(C)CCC1(C)C(=O)NC=C(CCl)C1=O. The monoisotopic (exact) mass is 243 g/mol. The molecular formula is C12H18ClNO2. The minimum atomic E-state index is -0.941. The van der Waals surface area contributed by atoms with Crippen LogP contribution in [0.2, 0.25) is 0 Å². The predicted molar refractivity (Wildman–Crippen MR) is 64.1 cm³/mol. The summed E-state index contributed by atoms with van der Waals surface area (Å²) < 4.78 is 0. The highest BCUT2D eigenvalue weighted by molar-refractivity contribution is 6.26. The first-order valence-corrected chi connectivity index (χ1v) is 6.06. The maximum atomic E-state index is 12.1. The molecule has 16 heavy (non-hydrogen) atoms. The smallest absolute Gasteiger partial charge is 0.237 e. The molecule has 0 radical (unpaired) electrons. The zero-order valence-corrected chi connectivity index (χ0v) is 10.7. The van der Waals surface area contributed by atoms with Gasteiger partial charge in [0.15, 0.2) is 5.78 Å². The number of halogens is 1. The van der Waals surface area contributed by atoms with Gasteiger partial charge in [0, 0.05) is 11.8 Å². The van der Waals surface area contributed by atoms with Gasteiger partial charge in [0.2, 0.25) is 5.91 Å². The zero-order valence-electron chi connectivity index (χ0n) is 9.97. The summed E-state index contributed by atoms with van der Waals surface area (Å²) in [7, 11) is 0. The second-order valence-electron chi connectivity index (χ2n) is 4.87. The lowest BCUT2D eigenvalue weighted by Gasteiger charge is -2.31. The Kier molecular flexibility index (Phi) is 4.14. The molecule has 1 N–H and O–H groups in total. The Bertz CT molecular complexity index is 336. The molecule has 4 heteroatoms. The Morgan fingerprint density at radius 3 is 2.56 bits per heavy atom. The molecule has 0 spiro atoms. The number of nitrogens with one attached hydrogen (secondary N) is 1. The van der Waals surface area contributed by atoms with Crippen molar-refractivity contribution in [2.24, 2.45) is 11.3 Å². The third kappa shape index (κ3) is 2.46. The minimum absolute atomic E-state index is 0.132. The second kappa shape index (κ2) is 5.00. The maximum Gasteiger partial charge on any atom is 0.237 e. The van der Waals surface area contributed by atoms with E-state index in [9.17, 15) is 9.59 Å². The number of rotatable bonds is 4. The van der Waals surface area contributed by atoms with Gasteiger partial charge >= 0.3 is 0 Å². The molecule has 0 bridgehead atoms. The Morgan fingerprint density at radius 2 is 2.06 bits per heavy atom. The summed E-state index contributed by atoms with van der Waals surface area (Å²) in [6.07, 6.45) is 2.85. The van der Waals surface area contributed by atoms with Gasteiger partial charge in [-0.05, 0) is 25.7 Å². The average Bonchev–Trinajstić information content (AvgIpc) is 2.24. The van der Waals surface area contributed by atoms with Crippen LogP contribution in [-0.2, 0) is 9.59 Å². The van der Waals surface area contributed by atoms with Gasteiger partial charge in [0.1, 0.15) is 5.41 Å². The fourth-order valence-corrected chi connectivity index (χ4v) is 1.94. The van der Waals surface area contributed by atoms with Crippen LogP contribution in [0.4, 0.5) is 0 Å². The number of allylic oxidation sites excluding steroid dienone is 1. The summed E-state index contributed by atoms with van der Waals surface area (Å²) in [5.74, 6) is 0.276. The van der Waals surface area contributed by atoms with Crippen LogP contribution in [0.1, 0.15) is 33.6 Å². The third-order valence-corrected chi connectivity index (χ3v) is 3.33. The highest BCUT2D eigenvalue weighted by Crippen LogP contribution is 2.32. The number of carbonyl (C=O) groups is 2. The van der Waals surface area contributed by atoms with Crippen LogP contribution in [0.25, 0.3) is 0 Å². The van der Waals surface area contributed by atoms with E-state index in [0.29, 0.717) is 17.9 Å². The van der Waals surface area contributed by atoms with Gasteiger partial charge in [0.05, 0.1) is 5.88 Å². The fourth-order valence-electron chi connectivity index (χ4n) is 1.74. The van der Waals surface area contributed by atoms with Gasteiger partial charge in [-0.1, -0.05) is 13.8 Å². The first-order chi connectivity index (χ1) is 7.41. The van der Waals surface area contributed by atoms with E-state index in [2.05, 4.69) is 19.2 Å². The van der Waals surface area contributed by atoms with Gasteiger partial charge < -0.3 is 5.32 Å². The van der Waals surface area contributed by atoms with Gasteiger partial charge in [-0.25, -0.2) is 0 Å². The number of amides is 1. The van der Waals surface area contributed by atoms with Crippen molar-refractivity contribution < 1.29 is 9.59 Å². The van der Waals surface area contributed by atoms with Crippen LogP contribution in [0.3, 0.4) is 0 Å². The highest BCUT2D eigenvalue weighted by atomic mass is 35.5. The van der Waals surface area contributed by atoms with Crippen molar-refractivity contribution in [2.75, 3.05) is 5.88 Å². The van der Waals surface area contributed by atoms with Crippen molar-refractivity contribution in [3.05, 3.63) is 11.8 Å². The molecule has 3 nitrogen and oxygen atoms in total. The summed E-state index contributed by atoms with van der Waals surface area (Å²) in [6, 6.07) is 0. The number of carbonyl (C=O) groups excluding carboxylic acids is 2. The van der Waals surface area contributed by atoms with Crippen LogP contribution in [0, 0.1) is 11.3 Å². The van der Waals surface area contributed by atoms with E-state index in [-0.39, 0.29) is 17.6 Å². The van der Waals surface area contributed by atoms with E-state index in [1.54, 1.807) is 6.92 Å². The molecule has 0 aromatic heterocycles. The van der Waals surface area contributed by atoms with Crippen molar-refractivity contribution in [3.8, 4) is 0 Å². The molecular weight excluding hydrogens is 226 g/mol. The molecule has 0 saturated carbocycles. The number of alkyl halides is 1. The van der Waals surface area contributed by atoms with Crippen molar-refractivity contribution in [1.82, 2.24) is 5.32 Å². The van der Waals surface area contributed by atoms with Gasteiger partial charge in [-0.15, -0.1) is 11.6 Å². The number of Topliss-reactive ketones (excluding diaryl/α,β-unsaturated/α-hetero) is 1. The quantitative estimate of drug-likeness (QED) is 0.608. The van der Waals surface area contributed by atoms with Crippen molar-refractivity contribution >= 4 is 23.3 Å². The minimum Gasteiger partial charge on any atom is -0.331 e. The summed E-state index contributed by atoms with van der Waals surface area (Å²) in [5, 5.41) is 2.62. The fraction of sp³-hybridized carbons (Fsp3) is 0.667. The summed E-state index contributed by atoms with van der Waals surface area (Å²) in [4.78, 5) is 23.9. The summed E-state index contributed by atoms with van der Waals surface area (Å²) >= 11 is 5.67. The second-order valence-corrected chi connectivity index (χ2v) is 5.14. The maximum absolute atomic E-state index is 12.1. The lowest BCUT2D eigenvalue weighted by molar-refractivity contribution is -0.140. The molecule has 1 amide bonds. The normalized spacial score (nSPS) is 25.7. The van der Waals surface area contributed by atoms with E-state index in [1.807, 2.05) is 0 Å². The van der Waals surface area contributed by atoms with Gasteiger partial charge in [-0.3, -0.25) is 9.59 Å². The van der Waals surface area contributed by atoms with Gasteiger partial charge in [-0.2, -0.15) is 0 Å². The molecule has 1 aliphatic heterocycles. The average molecular weight is 244 g/mol. The first-order valence-electron chi connectivity index (χ1n) is 5.52. The Labute approximate surface area is 101 Å². The topological polar surface area (TPSA) is 46.2 Å².